The number of carbonyl (C=O) groups is 1. The Morgan fingerprint density at radius 2 is 1.06 bits per heavy atom. The van der Waals surface area contributed by atoms with E-state index in [1.165, 1.54) is 4.68 Å². The van der Waals surface area contributed by atoms with Crippen LogP contribution in [0.5, 0.6) is 5.75 Å². The van der Waals surface area contributed by atoms with Gasteiger partial charge in [0.2, 0.25) is 11.7 Å². The SMILES string of the molecule is O=C(CC(c1ccccc1)c1ccccc1)N1CCN(c2cnn(-c3ccccc3)c(=O)c2OC(c2ccccc2)c2ccccc2)CC1. The third-order valence-corrected chi connectivity index (χ3v) is 9.11. The van der Waals surface area contributed by atoms with Crippen molar-refractivity contribution in [2.24, 2.45) is 0 Å². The predicted octanol–water partition coefficient (Wildman–Crippen LogP) is 7.27. The largest absolute Gasteiger partial charge is 0.473 e. The summed E-state index contributed by atoms with van der Waals surface area (Å²) < 4.78 is 8.18. The van der Waals surface area contributed by atoms with Crippen molar-refractivity contribution in [3.8, 4) is 11.4 Å². The third-order valence-electron chi connectivity index (χ3n) is 9.11. The summed E-state index contributed by atoms with van der Waals surface area (Å²) in [5.41, 5.74) is 5.05. The number of amides is 1. The first kappa shape index (κ1) is 31.6. The fourth-order valence-electron chi connectivity index (χ4n) is 6.52. The Hall–Kier alpha value is -5.95. The van der Waals surface area contributed by atoms with Crippen LogP contribution in [0, 0.1) is 0 Å². The summed E-state index contributed by atoms with van der Waals surface area (Å²) in [4.78, 5) is 32.1. The number of aromatic nitrogens is 2. The van der Waals surface area contributed by atoms with Gasteiger partial charge in [-0.2, -0.15) is 9.78 Å². The van der Waals surface area contributed by atoms with E-state index in [0.29, 0.717) is 44.0 Å². The van der Waals surface area contributed by atoms with Gasteiger partial charge >= 0.3 is 5.56 Å². The van der Waals surface area contributed by atoms with E-state index in [9.17, 15) is 9.59 Å². The zero-order valence-corrected chi connectivity index (χ0v) is 27.2. The van der Waals surface area contributed by atoms with E-state index < -0.39 is 6.10 Å². The van der Waals surface area contributed by atoms with Crippen molar-refractivity contribution in [2.75, 3.05) is 31.1 Å². The molecule has 0 aliphatic carbocycles. The number of nitrogens with zero attached hydrogens (tertiary/aromatic N) is 4. The number of benzene rings is 5. The molecule has 7 heteroatoms. The number of hydrogen-bond acceptors (Lipinski definition) is 5. The number of rotatable bonds is 10. The van der Waals surface area contributed by atoms with E-state index in [1.807, 2.05) is 132 Å². The predicted molar refractivity (Wildman–Crippen MR) is 193 cm³/mol. The molecular weight excluding hydrogens is 608 g/mol. The highest BCUT2D eigenvalue weighted by atomic mass is 16.5. The van der Waals surface area contributed by atoms with Crippen LogP contribution in [-0.2, 0) is 4.79 Å². The molecular formula is C42H38N4O3. The minimum Gasteiger partial charge on any atom is -0.473 e. The molecule has 6 aromatic rings. The standard InChI is InChI=1S/C42H38N4O3/c47-39(30-37(32-16-6-1-7-17-32)33-18-8-2-9-19-33)45-28-26-44(27-29-45)38-31-43-46(36-24-14-5-15-25-36)42(48)41(38)49-40(34-20-10-3-11-21-34)35-22-12-4-13-23-35/h1-25,31,37,40H,26-30H2. The van der Waals surface area contributed by atoms with E-state index in [4.69, 9.17) is 4.74 Å². The topological polar surface area (TPSA) is 67.7 Å². The average molecular weight is 647 g/mol. The molecule has 0 unspecified atom stereocenters. The molecule has 0 saturated carbocycles. The van der Waals surface area contributed by atoms with E-state index in [-0.39, 0.29) is 23.1 Å². The molecule has 1 aliphatic rings. The molecule has 7 rings (SSSR count). The molecule has 1 saturated heterocycles. The number of hydrogen-bond donors (Lipinski definition) is 0. The molecule has 1 aliphatic heterocycles. The van der Waals surface area contributed by atoms with Crippen LogP contribution in [-0.4, -0.2) is 46.8 Å². The van der Waals surface area contributed by atoms with Crippen molar-refractivity contribution in [3.63, 3.8) is 0 Å². The molecule has 0 atom stereocenters. The summed E-state index contributed by atoms with van der Waals surface area (Å²) in [5.74, 6) is 0.305. The van der Waals surface area contributed by atoms with Gasteiger partial charge in [-0.3, -0.25) is 9.59 Å². The maximum absolute atomic E-state index is 14.3. The molecule has 0 radical (unpaired) electrons. The Bertz CT molecular complexity index is 1930. The van der Waals surface area contributed by atoms with Gasteiger partial charge in [-0.1, -0.05) is 140 Å². The second kappa shape index (κ2) is 14.9. The summed E-state index contributed by atoms with van der Waals surface area (Å²) in [6, 6.07) is 49.7. The van der Waals surface area contributed by atoms with Crippen LogP contribution in [0.1, 0.15) is 40.7 Å². The summed E-state index contributed by atoms with van der Waals surface area (Å²) in [5, 5.41) is 4.60. The van der Waals surface area contributed by atoms with Crippen LogP contribution in [0.15, 0.2) is 163 Å². The first-order valence-corrected chi connectivity index (χ1v) is 16.7. The monoisotopic (exact) mass is 646 g/mol. The van der Waals surface area contributed by atoms with Crippen molar-refractivity contribution in [1.82, 2.24) is 14.7 Å². The van der Waals surface area contributed by atoms with E-state index in [2.05, 4.69) is 34.3 Å². The van der Waals surface area contributed by atoms with E-state index in [1.54, 1.807) is 6.20 Å². The zero-order valence-electron chi connectivity index (χ0n) is 27.2. The fourth-order valence-corrected chi connectivity index (χ4v) is 6.52. The highest BCUT2D eigenvalue weighted by Gasteiger charge is 2.29. The Morgan fingerprint density at radius 3 is 1.55 bits per heavy atom. The molecule has 1 fully saturated rings. The summed E-state index contributed by atoms with van der Waals surface area (Å²) in [6.45, 7) is 2.14. The number of ether oxygens (including phenoxy) is 1. The van der Waals surface area contributed by atoms with Crippen molar-refractivity contribution in [3.05, 3.63) is 190 Å². The van der Waals surface area contributed by atoms with Gasteiger partial charge < -0.3 is 14.5 Å². The van der Waals surface area contributed by atoms with Crippen molar-refractivity contribution >= 4 is 11.6 Å². The Morgan fingerprint density at radius 1 is 0.612 bits per heavy atom. The molecule has 0 N–H and O–H groups in total. The number of anilines is 1. The maximum Gasteiger partial charge on any atom is 0.316 e. The molecule has 244 valence electrons. The lowest BCUT2D eigenvalue weighted by Crippen LogP contribution is -2.49. The van der Waals surface area contributed by atoms with E-state index in [0.717, 1.165) is 22.3 Å². The van der Waals surface area contributed by atoms with Crippen molar-refractivity contribution < 1.29 is 9.53 Å². The first-order chi connectivity index (χ1) is 24.2. The number of piperazine rings is 1. The van der Waals surface area contributed by atoms with Crippen LogP contribution in [0.2, 0.25) is 0 Å². The van der Waals surface area contributed by atoms with Gasteiger partial charge in [0.15, 0.2) is 0 Å². The van der Waals surface area contributed by atoms with Gasteiger partial charge in [-0.25, -0.2) is 0 Å². The van der Waals surface area contributed by atoms with Gasteiger partial charge in [0.05, 0.1) is 11.9 Å². The lowest BCUT2D eigenvalue weighted by atomic mass is 9.88. The zero-order chi connectivity index (χ0) is 33.4. The first-order valence-electron chi connectivity index (χ1n) is 16.7. The van der Waals surface area contributed by atoms with Gasteiger partial charge in [-0.05, 0) is 34.4 Å². The highest BCUT2D eigenvalue weighted by molar-refractivity contribution is 5.78. The Labute approximate surface area is 286 Å². The van der Waals surface area contributed by atoms with Crippen LogP contribution in [0.4, 0.5) is 5.69 Å². The number of para-hydroxylation sites is 1. The normalized spacial score (nSPS) is 13.1. The van der Waals surface area contributed by atoms with Crippen molar-refractivity contribution in [1.29, 1.82) is 0 Å². The second-order valence-corrected chi connectivity index (χ2v) is 12.2. The lowest BCUT2D eigenvalue weighted by molar-refractivity contribution is -0.131. The minimum atomic E-state index is -0.517. The van der Waals surface area contributed by atoms with Crippen LogP contribution < -0.4 is 15.2 Å². The molecule has 0 spiro atoms. The minimum absolute atomic E-state index is 0.0318. The molecule has 5 aromatic carbocycles. The third kappa shape index (κ3) is 7.16. The molecule has 2 heterocycles. The fraction of sp³-hybridized carbons (Fsp3) is 0.167. The van der Waals surface area contributed by atoms with Gasteiger partial charge in [0.25, 0.3) is 0 Å². The van der Waals surface area contributed by atoms with E-state index >= 15 is 0 Å². The smallest absolute Gasteiger partial charge is 0.316 e. The quantitative estimate of drug-likeness (QED) is 0.157. The summed E-state index contributed by atoms with van der Waals surface area (Å²) >= 11 is 0. The average Bonchev–Trinajstić information content (AvgIpc) is 3.18. The molecule has 1 amide bonds. The Balaban J connectivity index is 1.17. The van der Waals surface area contributed by atoms with Crippen molar-refractivity contribution in [2.45, 2.75) is 18.4 Å². The summed E-state index contributed by atoms with van der Waals surface area (Å²) in [7, 11) is 0. The second-order valence-electron chi connectivity index (χ2n) is 12.2. The summed E-state index contributed by atoms with van der Waals surface area (Å²) in [6.07, 6.45) is 1.58. The highest BCUT2D eigenvalue weighted by Crippen LogP contribution is 2.34. The van der Waals surface area contributed by atoms with Gasteiger partial charge in [-0.15, -0.1) is 0 Å². The lowest BCUT2D eigenvalue weighted by Gasteiger charge is -2.37. The van der Waals surface area contributed by atoms with Crippen LogP contribution in [0.3, 0.4) is 0 Å². The molecule has 0 bridgehead atoms. The van der Waals surface area contributed by atoms with Gasteiger partial charge in [0.1, 0.15) is 11.8 Å². The molecule has 7 nitrogen and oxygen atoms in total. The molecule has 49 heavy (non-hydrogen) atoms. The number of carbonyl (C=O) groups excluding carboxylic acids is 1. The Kier molecular flexibility index (Phi) is 9.60. The van der Waals surface area contributed by atoms with Gasteiger partial charge in [0, 0.05) is 38.5 Å². The van der Waals surface area contributed by atoms with Crippen LogP contribution in [0.25, 0.3) is 5.69 Å². The molecule has 1 aromatic heterocycles. The van der Waals surface area contributed by atoms with Crippen LogP contribution >= 0.6 is 0 Å². The maximum atomic E-state index is 14.3.